The first-order valence-electron chi connectivity index (χ1n) is 37.9. The van der Waals surface area contributed by atoms with Crippen LogP contribution >= 0.6 is 0 Å². The first-order chi connectivity index (χ1) is 51.1. The molecule has 0 bridgehead atoms. The van der Waals surface area contributed by atoms with E-state index in [2.05, 4.69) is 111 Å². The van der Waals surface area contributed by atoms with Crippen molar-refractivity contribution in [3.05, 3.63) is 241 Å². The van der Waals surface area contributed by atoms with E-state index in [4.69, 9.17) is 0 Å². The lowest BCUT2D eigenvalue weighted by molar-refractivity contribution is -0.160. The number of halogens is 3. The summed E-state index contributed by atoms with van der Waals surface area (Å²) in [5.41, 5.74) is 15.7. The van der Waals surface area contributed by atoms with Crippen LogP contribution in [-0.2, 0) is 98.1 Å². The SMILES string of the molecule is C.C=C1CC[C@H](N2Cc3c(CNC(=O)CCc4ccc(C(C)(C)C)cc4)cccc3C2=O)C(=O)C1.C=C1CC[C@H](N2Cc3c(CNC(=O)CCc4ccc(C5(C(F)(F)F)CC5)cc4)cccc3C2=O)C(=O)C1.C=C1CC[C@H](N2Cc3c(CNC(=O)CCc4ccc(N5CCCC5)c(C)c4)cccc3C2=O)C(=O)C1. The molecule has 1 saturated heterocycles. The number of carbonyl (C=O) groups excluding carboxylic acids is 9. The molecule has 0 aromatic heterocycles. The molecule has 4 aliphatic carbocycles. The van der Waals surface area contributed by atoms with Crippen LogP contribution in [0.25, 0.3) is 0 Å². The molecule has 4 aliphatic heterocycles. The van der Waals surface area contributed by atoms with E-state index < -0.39 is 17.6 Å². The van der Waals surface area contributed by atoms with E-state index in [1.165, 1.54) is 47.4 Å². The van der Waals surface area contributed by atoms with Crippen molar-refractivity contribution in [2.24, 2.45) is 0 Å². The van der Waals surface area contributed by atoms with Gasteiger partial charge in [-0.05, 0) is 187 Å². The Hall–Kier alpha value is -10.0. The number of alkyl halides is 3. The maximum atomic E-state index is 13.3. The van der Waals surface area contributed by atoms with Crippen LogP contribution in [0.2, 0.25) is 0 Å². The van der Waals surface area contributed by atoms with Crippen molar-refractivity contribution < 1.29 is 56.3 Å². The maximum absolute atomic E-state index is 13.3. The van der Waals surface area contributed by atoms with E-state index in [0.29, 0.717) is 120 Å². The van der Waals surface area contributed by atoms with E-state index in [1.807, 2.05) is 42.5 Å². The molecule has 5 fully saturated rings. The van der Waals surface area contributed by atoms with Crippen LogP contribution in [0.3, 0.4) is 0 Å². The van der Waals surface area contributed by atoms with Crippen LogP contribution in [-0.4, -0.2) is 105 Å². The molecule has 6 aromatic carbocycles. The number of nitrogens with zero attached hydrogens (tertiary/aromatic N) is 4. The third-order valence-corrected chi connectivity index (χ3v) is 22.8. The summed E-state index contributed by atoms with van der Waals surface area (Å²) in [6.45, 7) is 24.9. The average molecular weight is 1470 g/mol. The van der Waals surface area contributed by atoms with Crippen molar-refractivity contribution >= 4 is 58.5 Å². The van der Waals surface area contributed by atoms with Gasteiger partial charge in [0.05, 0.1) is 23.5 Å². The van der Waals surface area contributed by atoms with Gasteiger partial charge in [-0.15, -0.1) is 0 Å². The maximum Gasteiger partial charge on any atom is 0.398 e. The van der Waals surface area contributed by atoms with Gasteiger partial charge in [-0.3, -0.25) is 43.2 Å². The van der Waals surface area contributed by atoms with Gasteiger partial charge >= 0.3 is 6.18 Å². The second-order valence-corrected chi connectivity index (χ2v) is 31.3. The number of aryl methyl sites for hydroxylation is 4. The molecule has 0 unspecified atom stereocenters. The number of hydrogen-bond acceptors (Lipinski definition) is 10. The minimum atomic E-state index is -4.24. The van der Waals surface area contributed by atoms with Crippen molar-refractivity contribution in [2.75, 3.05) is 18.0 Å². The lowest BCUT2D eigenvalue weighted by atomic mass is 9.86. The second-order valence-electron chi connectivity index (χ2n) is 31.3. The summed E-state index contributed by atoms with van der Waals surface area (Å²) >= 11 is 0. The van der Waals surface area contributed by atoms with Crippen LogP contribution in [0.4, 0.5) is 18.9 Å². The Balaban J connectivity index is 0.000000161. The zero-order valence-corrected chi connectivity index (χ0v) is 62.1. The Labute approximate surface area is 633 Å². The predicted molar refractivity (Wildman–Crippen MR) is 413 cm³/mol. The van der Waals surface area contributed by atoms with E-state index in [1.54, 1.807) is 39.0 Å². The smallest absolute Gasteiger partial charge is 0.371 e. The first kappa shape index (κ1) is 79.0. The number of fused-ring (bicyclic) bond motifs is 3. The lowest BCUT2D eigenvalue weighted by Gasteiger charge is -2.30. The number of hydrogen-bond donors (Lipinski definition) is 3. The predicted octanol–water partition coefficient (Wildman–Crippen LogP) is 15.1. The van der Waals surface area contributed by atoms with Crippen molar-refractivity contribution in [3.63, 3.8) is 0 Å². The van der Waals surface area contributed by atoms with Crippen LogP contribution in [0.15, 0.2) is 158 Å². The highest BCUT2D eigenvalue weighted by atomic mass is 19.4. The van der Waals surface area contributed by atoms with Crippen LogP contribution in [0.5, 0.6) is 0 Å². The minimum absolute atomic E-state index is 0. The zero-order valence-electron chi connectivity index (χ0n) is 62.1. The van der Waals surface area contributed by atoms with Crippen molar-refractivity contribution in [3.8, 4) is 0 Å². The standard InChI is InChI=1S/C30H35N3O3.C29H29F3N2O3.C29H34N2O3.CH4/c1-20-8-11-27(28(34)16-20)33-19-25-23(6-5-7-24(25)30(33)36)18-31-29(35)13-10-22-9-12-26(21(2)17-22)32-14-3-4-15-32;1-18-5-11-24(25(35)15-18)34-17-23-20(3-2-4-22(23)27(34)37)16-33-26(36)12-8-19-6-9-21(10-7-19)28(13-14-28)29(30,31)32;1-19-8-14-25(26(32)16-19)31-18-24-21(6-5-7-23(24)28(31)34)17-30-27(33)15-11-20-9-12-22(13-10-20)29(2,3)4;/h5-7,9,12,17,27H,1,3-4,8,10-11,13-16,18-19H2,2H3,(H,31,35);2-4,6-7,9-10,24H,1,5,8,11-17H2,(H,33,36);5-7,9-10,12-13,25H,1,8,11,14-18H2,2-4H3,(H,30,33);1H4/t27-;24-;25-;/m000./s1. The molecule has 108 heavy (non-hydrogen) atoms. The molecule has 0 spiro atoms. The number of allylic oxidation sites excluding steroid dienone is 3. The third kappa shape index (κ3) is 18.0. The largest absolute Gasteiger partial charge is 0.398 e. The minimum Gasteiger partial charge on any atom is -0.371 e. The van der Waals surface area contributed by atoms with Gasteiger partial charge in [0.15, 0.2) is 17.3 Å². The summed E-state index contributed by atoms with van der Waals surface area (Å²) in [6, 6.07) is 36.8. The Morgan fingerprint density at radius 3 is 1.18 bits per heavy atom. The molecule has 0 radical (unpaired) electrons. The van der Waals surface area contributed by atoms with Gasteiger partial charge < -0.3 is 35.6 Å². The molecule has 3 N–H and O–H groups in total. The fourth-order valence-corrected chi connectivity index (χ4v) is 16.2. The summed E-state index contributed by atoms with van der Waals surface area (Å²) in [6.07, 6.45) is 6.51. The van der Waals surface area contributed by atoms with Gasteiger partial charge in [0, 0.05) is 113 Å². The van der Waals surface area contributed by atoms with Crippen LogP contribution < -0.4 is 20.9 Å². The molecular formula is C89H102F3N7O9. The molecule has 4 saturated carbocycles. The Kier molecular flexibility index (Phi) is 24.6. The number of carbonyl (C=O) groups is 9. The number of nitrogens with one attached hydrogen (secondary N) is 3. The van der Waals surface area contributed by atoms with Gasteiger partial charge in [0.25, 0.3) is 17.7 Å². The van der Waals surface area contributed by atoms with E-state index >= 15 is 0 Å². The highest BCUT2D eigenvalue weighted by molar-refractivity contribution is 6.04. The average Bonchev–Trinajstić information content (AvgIpc) is 1.59. The normalized spacial score (nSPS) is 19.4. The van der Waals surface area contributed by atoms with Crippen LogP contribution in [0.1, 0.15) is 229 Å². The molecule has 568 valence electrons. The summed E-state index contributed by atoms with van der Waals surface area (Å²) in [5.74, 6) is -0.367. The van der Waals surface area contributed by atoms with Gasteiger partial charge in [-0.2, -0.15) is 13.2 Å². The van der Waals surface area contributed by atoms with E-state index in [0.717, 1.165) is 93.6 Å². The molecule has 19 heteroatoms. The van der Waals surface area contributed by atoms with Gasteiger partial charge in [0.2, 0.25) is 17.7 Å². The number of rotatable bonds is 20. The van der Waals surface area contributed by atoms with Crippen molar-refractivity contribution in [2.45, 2.75) is 232 Å². The van der Waals surface area contributed by atoms with Gasteiger partial charge in [-0.25, -0.2) is 0 Å². The lowest BCUT2D eigenvalue weighted by Crippen LogP contribution is -2.43. The monoisotopic (exact) mass is 1470 g/mol. The number of benzene rings is 6. The van der Waals surface area contributed by atoms with Crippen LogP contribution in [0, 0.1) is 6.92 Å². The number of ketones is 3. The van der Waals surface area contributed by atoms with Gasteiger partial charge in [-0.1, -0.05) is 162 Å². The number of amides is 6. The summed E-state index contributed by atoms with van der Waals surface area (Å²) < 4.78 is 40.0. The van der Waals surface area contributed by atoms with Crippen molar-refractivity contribution in [1.82, 2.24) is 30.7 Å². The molecular weight excluding hydrogens is 1370 g/mol. The summed E-state index contributed by atoms with van der Waals surface area (Å²) in [5, 5.41) is 8.94. The fourth-order valence-electron chi connectivity index (χ4n) is 16.2. The van der Waals surface area contributed by atoms with E-state index in [9.17, 15) is 56.3 Å². The molecule has 14 rings (SSSR count). The van der Waals surface area contributed by atoms with Gasteiger partial charge in [0.1, 0.15) is 0 Å². The van der Waals surface area contributed by atoms with E-state index in [-0.39, 0.29) is 109 Å². The molecule has 6 amide bonds. The Bertz CT molecular complexity index is 4500. The number of Topliss-reactive ketones (excluding diaryl/α,β-unsaturated/α-hetero) is 3. The molecule has 6 aromatic rings. The summed E-state index contributed by atoms with van der Waals surface area (Å²) in [7, 11) is 0. The highest BCUT2D eigenvalue weighted by Crippen LogP contribution is 2.59. The second kappa shape index (κ2) is 33.6. The highest BCUT2D eigenvalue weighted by Gasteiger charge is 2.64. The van der Waals surface area contributed by atoms with Crippen molar-refractivity contribution in [1.29, 1.82) is 0 Å². The molecule has 4 heterocycles. The first-order valence-corrected chi connectivity index (χ1v) is 37.9. The Morgan fingerprint density at radius 2 is 0.843 bits per heavy atom. The fraction of sp³-hybridized carbons (Fsp3) is 0.427. The summed E-state index contributed by atoms with van der Waals surface area (Å²) in [4.78, 5) is 122. The third-order valence-electron chi connectivity index (χ3n) is 22.8. The molecule has 8 aliphatic rings. The number of anilines is 1. The zero-order chi connectivity index (χ0) is 76.1. The molecule has 3 atom stereocenters. The Morgan fingerprint density at radius 1 is 0.491 bits per heavy atom. The topological polar surface area (TPSA) is 203 Å². The quantitative estimate of drug-likeness (QED) is 0.0617. The molecule has 16 nitrogen and oxygen atoms in total.